The fourth-order valence-corrected chi connectivity index (χ4v) is 1.10. The molecule has 0 saturated heterocycles. The van der Waals surface area contributed by atoms with Crippen LogP contribution in [0.1, 0.15) is 11.6 Å². The number of halogens is 2. The largest absolute Gasteiger partial charge is 0.354 e. The number of hydrogen-bond acceptors (Lipinski definition) is 1. The fourth-order valence-electron chi connectivity index (χ4n) is 1.10. The molecular weight excluding hydrogens is 190 g/mol. The maximum Gasteiger partial charge on any atom is 0.282 e. The Balaban J connectivity index is 3.00. The van der Waals surface area contributed by atoms with Crippen molar-refractivity contribution in [2.24, 2.45) is 0 Å². The number of benzene rings is 1. The lowest BCUT2D eigenvalue weighted by Crippen LogP contribution is -2.59. The number of carbonyl (C=O) groups is 1. The van der Waals surface area contributed by atoms with E-state index in [2.05, 4.69) is 11.1 Å². The molecule has 1 aromatic rings. The molecule has 0 spiro atoms. The van der Waals surface area contributed by atoms with Gasteiger partial charge in [-0.05, 0) is 12.1 Å². The maximum atomic E-state index is 12.8. The van der Waals surface area contributed by atoms with Gasteiger partial charge in [-0.15, -0.1) is 0 Å². The second-order valence-corrected chi connectivity index (χ2v) is 2.87. The Morgan fingerprint density at radius 2 is 1.86 bits per heavy atom. The third kappa shape index (κ3) is 2.26. The van der Waals surface area contributed by atoms with Gasteiger partial charge in [-0.3, -0.25) is 4.79 Å². The van der Waals surface area contributed by atoms with Crippen LogP contribution < -0.4 is 11.1 Å². The van der Waals surface area contributed by atoms with Crippen molar-refractivity contribution in [3.63, 3.8) is 0 Å². The normalized spacial score (nSPS) is 12.3. The predicted molar refractivity (Wildman–Crippen MR) is 46.1 cm³/mol. The van der Waals surface area contributed by atoms with Gasteiger partial charge in [-0.2, -0.15) is 0 Å². The van der Waals surface area contributed by atoms with Crippen LogP contribution in [-0.4, -0.2) is 13.0 Å². The first-order valence-corrected chi connectivity index (χ1v) is 4.05. The molecule has 0 heterocycles. The fraction of sp³-hybridized carbons (Fsp3) is 0.222. The second kappa shape index (κ2) is 4.15. The minimum Gasteiger partial charge on any atom is -0.354 e. The zero-order valence-corrected chi connectivity index (χ0v) is 7.68. The molecule has 0 radical (unpaired) electrons. The Morgan fingerprint density at radius 3 is 2.29 bits per heavy atom. The standard InChI is InChI=1S/C9H10F2N2O/c1-13-9(14)8(12)5-2-6(10)4-7(11)3-5/h2-4,8H,12H2,1H3,(H,13,14)/p+1. The average Bonchev–Trinajstić information content (AvgIpc) is 2.14. The highest BCUT2D eigenvalue weighted by molar-refractivity contribution is 5.81. The van der Waals surface area contributed by atoms with Crippen molar-refractivity contribution in [2.75, 3.05) is 7.05 Å². The summed E-state index contributed by atoms with van der Waals surface area (Å²) in [6.07, 6.45) is 0. The second-order valence-electron chi connectivity index (χ2n) is 2.87. The number of nitrogens with one attached hydrogen (secondary N) is 1. The van der Waals surface area contributed by atoms with E-state index in [1.165, 1.54) is 7.05 Å². The summed E-state index contributed by atoms with van der Waals surface area (Å²) in [6.45, 7) is 0. The van der Waals surface area contributed by atoms with Gasteiger partial charge < -0.3 is 11.1 Å². The first kappa shape index (κ1) is 10.6. The molecule has 14 heavy (non-hydrogen) atoms. The number of quaternary nitrogens is 1. The van der Waals surface area contributed by atoms with Crippen LogP contribution in [-0.2, 0) is 4.79 Å². The van der Waals surface area contributed by atoms with Crippen molar-refractivity contribution in [2.45, 2.75) is 6.04 Å². The first-order valence-electron chi connectivity index (χ1n) is 4.05. The van der Waals surface area contributed by atoms with Crippen LogP contribution in [0.4, 0.5) is 8.78 Å². The smallest absolute Gasteiger partial charge is 0.282 e. The van der Waals surface area contributed by atoms with Crippen LogP contribution in [0.25, 0.3) is 0 Å². The number of hydrogen-bond donors (Lipinski definition) is 2. The third-order valence-electron chi connectivity index (χ3n) is 1.85. The molecule has 1 rings (SSSR count). The molecule has 76 valence electrons. The number of amides is 1. The highest BCUT2D eigenvalue weighted by Gasteiger charge is 2.19. The Hall–Kier alpha value is -1.49. The molecule has 0 saturated carbocycles. The molecule has 0 aromatic heterocycles. The van der Waals surface area contributed by atoms with Crippen molar-refractivity contribution < 1.29 is 19.3 Å². The van der Waals surface area contributed by atoms with Crippen LogP contribution in [0.5, 0.6) is 0 Å². The molecule has 3 nitrogen and oxygen atoms in total. The van der Waals surface area contributed by atoms with E-state index in [-0.39, 0.29) is 11.5 Å². The van der Waals surface area contributed by atoms with Crippen molar-refractivity contribution in [3.05, 3.63) is 35.4 Å². The van der Waals surface area contributed by atoms with Crippen molar-refractivity contribution in [1.82, 2.24) is 5.32 Å². The van der Waals surface area contributed by atoms with Gasteiger partial charge in [0.15, 0.2) is 6.04 Å². The van der Waals surface area contributed by atoms with Crippen LogP contribution in [0.2, 0.25) is 0 Å². The van der Waals surface area contributed by atoms with E-state index in [0.29, 0.717) is 0 Å². The lowest BCUT2D eigenvalue weighted by atomic mass is 10.1. The minimum atomic E-state index is -0.801. The highest BCUT2D eigenvalue weighted by atomic mass is 19.1. The van der Waals surface area contributed by atoms with Gasteiger partial charge in [0, 0.05) is 18.7 Å². The summed E-state index contributed by atoms with van der Waals surface area (Å²) < 4.78 is 25.5. The van der Waals surface area contributed by atoms with Crippen molar-refractivity contribution in [1.29, 1.82) is 0 Å². The summed E-state index contributed by atoms with van der Waals surface area (Å²) in [7, 11) is 1.44. The monoisotopic (exact) mass is 201 g/mol. The van der Waals surface area contributed by atoms with Gasteiger partial charge in [-0.25, -0.2) is 8.78 Å². The zero-order chi connectivity index (χ0) is 10.7. The topological polar surface area (TPSA) is 56.7 Å². The van der Waals surface area contributed by atoms with E-state index in [1.807, 2.05) is 0 Å². The molecule has 0 aliphatic rings. The third-order valence-corrected chi connectivity index (χ3v) is 1.85. The summed E-state index contributed by atoms with van der Waals surface area (Å²) >= 11 is 0. The van der Waals surface area contributed by atoms with E-state index in [9.17, 15) is 13.6 Å². The predicted octanol–water partition coefficient (Wildman–Crippen LogP) is -0.00620. The van der Waals surface area contributed by atoms with Gasteiger partial charge in [0.25, 0.3) is 5.91 Å². The Labute approximate surface area is 79.9 Å². The molecule has 1 amide bonds. The van der Waals surface area contributed by atoms with Crippen molar-refractivity contribution >= 4 is 5.91 Å². The molecule has 1 aromatic carbocycles. The van der Waals surface area contributed by atoms with Crippen LogP contribution in [0.3, 0.4) is 0 Å². The molecule has 1 unspecified atom stereocenters. The van der Waals surface area contributed by atoms with Gasteiger partial charge in [-0.1, -0.05) is 0 Å². The Bertz CT molecular complexity index is 334. The van der Waals surface area contributed by atoms with Gasteiger partial charge in [0.05, 0.1) is 0 Å². The van der Waals surface area contributed by atoms with E-state index in [1.54, 1.807) is 0 Å². The Morgan fingerprint density at radius 1 is 1.36 bits per heavy atom. The average molecular weight is 201 g/mol. The number of carbonyl (C=O) groups excluding carboxylic acids is 1. The maximum absolute atomic E-state index is 12.8. The number of likely N-dealkylation sites (N-methyl/N-ethyl adjacent to an activating group) is 1. The molecule has 0 aliphatic carbocycles. The molecule has 0 aliphatic heterocycles. The van der Waals surface area contributed by atoms with Crippen LogP contribution in [0, 0.1) is 11.6 Å². The molecule has 5 heteroatoms. The van der Waals surface area contributed by atoms with Gasteiger partial charge >= 0.3 is 0 Å². The minimum absolute atomic E-state index is 0.224. The van der Waals surface area contributed by atoms with Crippen molar-refractivity contribution in [3.8, 4) is 0 Å². The lowest BCUT2D eigenvalue weighted by molar-refractivity contribution is -0.409. The van der Waals surface area contributed by atoms with E-state index in [0.717, 1.165) is 18.2 Å². The lowest BCUT2D eigenvalue weighted by Gasteiger charge is -2.07. The van der Waals surface area contributed by atoms with Crippen LogP contribution in [0.15, 0.2) is 18.2 Å². The van der Waals surface area contributed by atoms with E-state index < -0.39 is 17.7 Å². The quantitative estimate of drug-likeness (QED) is 0.695. The SMILES string of the molecule is CNC(=O)C([NH3+])c1cc(F)cc(F)c1. The zero-order valence-electron chi connectivity index (χ0n) is 7.68. The van der Waals surface area contributed by atoms with Gasteiger partial charge in [0.1, 0.15) is 11.6 Å². The molecular formula is C9H11F2N2O+. The summed E-state index contributed by atoms with van der Waals surface area (Å²) in [4.78, 5) is 11.1. The molecule has 0 fully saturated rings. The summed E-state index contributed by atoms with van der Waals surface area (Å²) in [5.74, 6) is -1.80. The summed E-state index contributed by atoms with van der Waals surface area (Å²) in [5, 5.41) is 2.36. The first-order chi connectivity index (χ1) is 6.54. The highest BCUT2D eigenvalue weighted by Crippen LogP contribution is 2.13. The summed E-state index contributed by atoms with van der Waals surface area (Å²) in [5.41, 5.74) is 3.74. The Kier molecular flexibility index (Phi) is 3.14. The molecule has 4 N–H and O–H groups in total. The molecule has 0 bridgehead atoms. The van der Waals surface area contributed by atoms with E-state index >= 15 is 0 Å². The summed E-state index contributed by atoms with van der Waals surface area (Å²) in [6, 6.07) is 2.14. The van der Waals surface area contributed by atoms with E-state index in [4.69, 9.17) is 0 Å². The molecule has 1 atom stereocenters. The van der Waals surface area contributed by atoms with Gasteiger partial charge in [0.2, 0.25) is 0 Å². The number of rotatable bonds is 2. The van der Waals surface area contributed by atoms with Crippen LogP contribution >= 0.6 is 0 Å².